The molecule has 1 aromatic heterocycles. The molecule has 0 saturated carbocycles. The molecule has 31 heavy (non-hydrogen) atoms. The van der Waals surface area contributed by atoms with Crippen LogP contribution in [0.4, 0.5) is 5.69 Å². The van der Waals surface area contributed by atoms with E-state index >= 15 is 0 Å². The van der Waals surface area contributed by atoms with Gasteiger partial charge in [-0.3, -0.25) is 9.78 Å². The number of rotatable bonds is 7. The standard InChI is InChI=1S/C26H23N3O2/c1-2-4-22-15-24(29(26(22)30)23-5-3-14-28-17-23)18-31-25-12-10-21(11-13-25)20-8-6-19(16-27)7-9-20/h2-3,5-14,17,22,24H,1,4,15,18H2/t22-,24+/m1/s1. The number of aromatic nitrogens is 1. The van der Waals surface area contributed by atoms with Crippen LogP contribution in [-0.4, -0.2) is 23.5 Å². The first kappa shape index (κ1) is 20.4. The normalized spacial score (nSPS) is 17.9. The summed E-state index contributed by atoms with van der Waals surface area (Å²) in [6.07, 6.45) is 6.60. The van der Waals surface area contributed by atoms with Gasteiger partial charge in [-0.1, -0.05) is 30.3 Å². The number of pyridine rings is 1. The molecule has 3 aromatic rings. The maximum Gasteiger partial charge on any atom is 0.230 e. The molecule has 2 aromatic carbocycles. The van der Waals surface area contributed by atoms with Gasteiger partial charge in [0.15, 0.2) is 0 Å². The highest BCUT2D eigenvalue weighted by Crippen LogP contribution is 2.32. The minimum absolute atomic E-state index is 0.0557. The van der Waals surface area contributed by atoms with Crippen LogP contribution in [0.2, 0.25) is 0 Å². The van der Waals surface area contributed by atoms with Crippen molar-refractivity contribution in [2.24, 2.45) is 5.92 Å². The largest absolute Gasteiger partial charge is 0.491 e. The zero-order valence-corrected chi connectivity index (χ0v) is 17.1. The van der Waals surface area contributed by atoms with Gasteiger partial charge in [0, 0.05) is 12.1 Å². The minimum atomic E-state index is -0.0786. The molecule has 0 radical (unpaired) electrons. The lowest BCUT2D eigenvalue weighted by Gasteiger charge is -2.24. The number of amides is 1. The van der Waals surface area contributed by atoms with Crippen molar-refractivity contribution < 1.29 is 9.53 Å². The van der Waals surface area contributed by atoms with Crippen LogP contribution >= 0.6 is 0 Å². The SMILES string of the molecule is C=CC[C@@H]1C[C@@H](COc2ccc(-c3ccc(C#N)cc3)cc2)N(c2cccnc2)C1=O. The maximum absolute atomic E-state index is 12.9. The number of carbonyl (C=O) groups is 1. The average molecular weight is 409 g/mol. The van der Waals surface area contributed by atoms with Gasteiger partial charge in [-0.05, 0) is 60.4 Å². The molecule has 1 aliphatic rings. The summed E-state index contributed by atoms with van der Waals surface area (Å²) < 4.78 is 6.06. The van der Waals surface area contributed by atoms with Crippen molar-refractivity contribution in [2.75, 3.05) is 11.5 Å². The molecule has 5 heteroatoms. The zero-order valence-electron chi connectivity index (χ0n) is 17.1. The first-order valence-corrected chi connectivity index (χ1v) is 10.3. The van der Waals surface area contributed by atoms with E-state index in [4.69, 9.17) is 10.00 Å². The molecule has 1 aliphatic heterocycles. The van der Waals surface area contributed by atoms with Crippen molar-refractivity contribution in [1.29, 1.82) is 5.26 Å². The van der Waals surface area contributed by atoms with Crippen LogP contribution in [0.1, 0.15) is 18.4 Å². The molecule has 0 unspecified atom stereocenters. The van der Waals surface area contributed by atoms with Crippen LogP contribution in [0.15, 0.2) is 85.7 Å². The summed E-state index contributed by atoms with van der Waals surface area (Å²) in [7, 11) is 0. The Morgan fingerprint density at radius 1 is 1.13 bits per heavy atom. The molecular formula is C26H23N3O2. The van der Waals surface area contributed by atoms with Gasteiger partial charge < -0.3 is 9.64 Å². The third-order valence-corrected chi connectivity index (χ3v) is 5.53. The third-order valence-electron chi connectivity index (χ3n) is 5.53. The molecule has 1 saturated heterocycles. The van der Waals surface area contributed by atoms with Crippen LogP contribution < -0.4 is 9.64 Å². The Labute approximate surface area is 182 Å². The van der Waals surface area contributed by atoms with Gasteiger partial charge in [0.25, 0.3) is 0 Å². The van der Waals surface area contributed by atoms with E-state index < -0.39 is 0 Å². The van der Waals surface area contributed by atoms with Crippen LogP contribution in [0.5, 0.6) is 5.75 Å². The molecule has 1 amide bonds. The Balaban J connectivity index is 1.46. The highest BCUT2D eigenvalue weighted by atomic mass is 16.5. The number of hydrogen-bond acceptors (Lipinski definition) is 4. The lowest BCUT2D eigenvalue weighted by atomic mass is 10.0. The van der Waals surface area contributed by atoms with E-state index in [1.807, 2.05) is 65.6 Å². The molecular weight excluding hydrogens is 386 g/mol. The van der Waals surface area contributed by atoms with E-state index in [0.717, 1.165) is 29.0 Å². The third kappa shape index (κ3) is 4.49. The monoisotopic (exact) mass is 409 g/mol. The molecule has 2 atom stereocenters. The molecule has 0 aliphatic carbocycles. The van der Waals surface area contributed by atoms with Gasteiger partial charge in [-0.2, -0.15) is 5.26 Å². The highest BCUT2D eigenvalue weighted by Gasteiger charge is 2.40. The van der Waals surface area contributed by atoms with Crippen molar-refractivity contribution in [3.63, 3.8) is 0 Å². The number of hydrogen-bond donors (Lipinski definition) is 0. The Bertz CT molecular complexity index is 1090. The molecule has 2 heterocycles. The number of ether oxygens (including phenoxy) is 1. The smallest absolute Gasteiger partial charge is 0.230 e. The Kier molecular flexibility index (Phi) is 6.09. The Hall–Kier alpha value is -3.91. The Morgan fingerprint density at radius 3 is 2.45 bits per heavy atom. The van der Waals surface area contributed by atoms with Crippen LogP contribution in [0.25, 0.3) is 11.1 Å². The van der Waals surface area contributed by atoms with Crippen LogP contribution in [0.3, 0.4) is 0 Å². The van der Waals surface area contributed by atoms with E-state index in [1.54, 1.807) is 18.5 Å². The quantitative estimate of drug-likeness (QED) is 0.515. The topological polar surface area (TPSA) is 66.2 Å². The highest BCUT2D eigenvalue weighted by molar-refractivity contribution is 5.98. The van der Waals surface area contributed by atoms with E-state index in [2.05, 4.69) is 17.6 Å². The van der Waals surface area contributed by atoms with Gasteiger partial charge in [0.2, 0.25) is 5.91 Å². The molecule has 0 N–H and O–H groups in total. The van der Waals surface area contributed by atoms with Gasteiger partial charge in [0.1, 0.15) is 12.4 Å². The number of anilines is 1. The van der Waals surface area contributed by atoms with Crippen molar-refractivity contribution in [2.45, 2.75) is 18.9 Å². The fourth-order valence-electron chi connectivity index (χ4n) is 3.96. The lowest BCUT2D eigenvalue weighted by molar-refractivity contribution is -0.120. The number of benzene rings is 2. The predicted molar refractivity (Wildman–Crippen MR) is 121 cm³/mol. The molecule has 154 valence electrons. The minimum Gasteiger partial charge on any atom is -0.491 e. The summed E-state index contributed by atoms with van der Waals surface area (Å²) in [4.78, 5) is 18.9. The second-order valence-corrected chi connectivity index (χ2v) is 7.55. The lowest BCUT2D eigenvalue weighted by Crippen LogP contribution is -2.37. The first-order valence-electron chi connectivity index (χ1n) is 10.3. The molecule has 5 nitrogen and oxygen atoms in total. The second-order valence-electron chi connectivity index (χ2n) is 7.55. The van der Waals surface area contributed by atoms with Crippen LogP contribution in [0, 0.1) is 17.2 Å². The zero-order chi connectivity index (χ0) is 21.6. The van der Waals surface area contributed by atoms with Gasteiger partial charge in [0.05, 0.1) is 29.6 Å². The summed E-state index contributed by atoms with van der Waals surface area (Å²) in [6.45, 7) is 4.19. The fraction of sp³-hybridized carbons (Fsp3) is 0.192. The molecule has 0 bridgehead atoms. The fourth-order valence-corrected chi connectivity index (χ4v) is 3.96. The van der Waals surface area contributed by atoms with E-state index in [-0.39, 0.29) is 17.9 Å². The molecule has 1 fully saturated rings. The summed E-state index contributed by atoms with van der Waals surface area (Å²) in [6, 6.07) is 21.2. The molecule has 4 rings (SSSR count). The first-order chi connectivity index (χ1) is 15.2. The van der Waals surface area contributed by atoms with E-state index in [9.17, 15) is 4.79 Å². The summed E-state index contributed by atoms with van der Waals surface area (Å²) >= 11 is 0. The Morgan fingerprint density at radius 2 is 1.84 bits per heavy atom. The molecule has 0 spiro atoms. The van der Waals surface area contributed by atoms with Crippen molar-refractivity contribution in [3.8, 4) is 22.9 Å². The van der Waals surface area contributed by atoms with Gasteiger partial charge >= 0.3 is 0 Å². The van der Waals surface area contributed by atoms with Gasteiger partial charge in [-0.25, -0.2) is 0 Å². The van der Waals surface area contributed by atoms with Crippen molar-refractivity contribution >= 4 is 11.6 Å². The summed E-state index contributed by atoms with van der Waals surface area (Å²) in [5, 5.41) is 8.94. The number of allylic oxidation sites excluding steroid dienone is 1. The number of nitrogens with zero attached hydrogens (tertiary/aromatic N) is 3. The second kappa shape index (κ2) is 9.27. The van der Waals surface area contributed by atoms with Crippen molar-refractivity contribution in [3.05, 3.63) is 91.3 Å². The van der Waals surface area contributed by atoms with Crippen LogP contribution in [-0.2, 0) is 4.79 Å². The van der Waals surface area contributed by atoms with Crippen molar-refractivity contribution in [1.82, 2.24) is 4.98 Å². The summed E-state index contributed by atoms with van der Waals surface area (Å²) in [5.41, 5.74) is 3.53. The van der Waals surface area contributed by atoms with E-state index in [1.165, 1.54) is 0 Å². The summed E-state index contributed by atoms with van der Waals surface area (Å²) in [5.74, 6) is 0.769. The number of carbonyl (C=O) groups excluding carboxylic acids is 1. The average Bonchev–Trinajstić information content (AvgIpc) is 3.14. The van der Waals surface area contributed by atoms with E-state index in [0.29, 0.717) is 18.6 Å². The number of nitriles is 1. The van der Waals surface area contributed by atoms with Gasteiger partial charge in [-0.15, -0.1) is 6.58 Å². The predicted octanol–water partition coefficient (Wildman–Crippen LogP) is 5.00. The maximum atomic E-state index is 12.9.